The Kier molecular flexibility index (Phi) is 9.60. The summed E-state index contributed by atoms with van der Waals surface area (Å²) in [7, 11) is 0. The Bertz CT molecular complexity index is 1380. The largest absolute Gasteiger partial charge is 0.508 e. The average Bonchev–Trinajstić information content (AvgIpc) is 3.35. The molecule has 1 aliphatic rings. The highest BCUT2D eigenvalue weighted by molar-refractivity contribution is 7.08. The second kappa shape index (κ2) is 12.8. The maximum Gasteiger partial charge on any atom is 0.461 e. The molecule has 2 N–H and O–H groups in total. The van der Waals surface area contributed by atoms with Gasteiger partial charge in [-0.1, -0.05) is 59.1 Å². The first kappa shape index (κ1) is 30.8. The van der Waals surface area contributed by atoms with Gasteiger partial charge in [0.25, 0.3) is 5.91 Å². The van der Waals surface area contributed by atoms with E-state index in [2.05, 4.69) is 19.6 Å². The Morgan fingerprint density at radius 1 is 1.12 bits per heavy atom. The molecular weight excluding hydrogens is 611 g/mol. The van der Waals surface area contributed by atoms with Crippen LogP contribution in [0.25, 0.3) is 0 Å². The lowest BCUT2D eigenvalue weighted by Gasteiger charge is -2.33. The second-order valence-electron chi connectivity index (χ2n) is 9.40. The lowest BCUT2D eigenvalue weighted by Crippen LogP contribution is -2.47. The fourth-order valence-corrected chi connectivity index (χ4v) is 5.63. The van der Waals surface area contributed by atoms with E-state index in [9.17, 15) is 32.3 Å². The number of ether oxygens (including phenoxy) is 1. The van der Waals surface area contributed by atoms with Crippen LogP contribution in [0.3, 0.4) is 0 Å². The van der Waals surface area contributed by atoms with Gasteiger partial charge in [-0.3, -0.25) is 14.5 Å². The van der Waals surface area contributed by atoms with Gasteiger partial charge in [0.15, 0.2) is 5.75 Å². The number of hydrogen-bond donors (Lipinski definition) is 2. The zero-order chi connectivity index (χ0) is 29.9. The predicted molar refractivity (Wildman–Crippen MR) is 145 cm³/mol. The molecule has 0 radical (unpaired) electrons. The molecule has 2 amide bonds. The minimum atomic E-state index is -4.90. The molecule has 1 heterocycles. The highest BCUT2D eigenvalue weighted by atomic mass is 35.5. The number of amides is 2. The number of halogens is 6. The van der Waals surface area contributed by atoms with Crippen molar-refractivity contribution in [1.29, 1.82) is 0 Å². The molecule has 1 aromatic heterocycles. The van der Waals surface area contributed by atoms with Crippen LogP contribution >= 0.6 is 34.7 Å². The highest BCUT2D eigenvalue weighted by Crippen LogP contribution is 2.43. The van der Waals surface area contributed by atoms with Crippen LogP contribution in [0.2, 0.25) is 10.0 Å². The summed E-state index contributed by atoms with van der Waals surface area (Å²) in [5, 5.41) is 15.5. The Labute approximate surface area is 246 Å². The molecule has 0 saturated heterocycles. The molecule has 8 nitrogen and oxygen atoms in total. The van der Waals surface area contributed by atoms with E-state index in [4.69, 9.17) is 23.2 Å². The summed E-state index contributed by atoms with van der Waals surface area (Å²) >= 11 is 13.1. The smallest absolute Gasteiger partial charge is 0.461 e. The third-order valence-corrected chi connectivity index (χ3v) is 7.86. The van der Waals surface area contributed by atoms with Gasteiger partial charge in [0.1, 0.15) is 16.7 Å². The summed E-state index contributed by atoms with van der Waals surface area (Å²) in [6.45, 7) is 1.54. The third kappa shape index (κ3) is 7.02. The molecule has 1 unspecified atom stereocenters. The molecule has 3 aromatic rings. The van der Waals surface area contributed by atoms with Gasteiger partial charge in [-0.05, 0) is 61.1 Å². The van der Waals surface area contributed by atoms with Crippen LogP contribution < -0.4 is 15.0 Å². The van der Waals surface area contributed by atoms with Gasteiger partial charge in [-0.15, -0.1) is 5.10 Å². The van der Waals surface area contributed by atoms with Gasteiger partial charge < -0.3 is 15.2 Å². The van der Waals surface area contributed by atoms with Crippen molar-refractivity contribution in [1.82, 2.24) is 14.9 Å². The number of carbonyl (C=O) groups is 2. The first-order valence-corrected chi connectivity index (χ1v) is 14.0. The number of rotatable bonds is 9. The minimum absolute atomic E-state index is 0.0658. The van der Waals surface area contributed by atoms with E-state index in [1.54, 1.807) is 0 Å². The molecule has 15 heteroatoms. The van der Waals surface area contributed by atoms with Crippen LogP contribution in [0.1, 0.15) is 59.1 Å². The first-order chi connectivity index (χ1) is 19.4. The zero-order valence-electron chi connectivity index (χ0n) is 21.4. The lowest BCUT2D eigenvalue weighted by atomic mass is 9.94. The average molecular weight is 635 g/mol. The molecule has 1 atom stereocenters. The molecule has 1 fully saturated rings. The number of carbonyl (C=O) groups excluding carboxylic acids is 2. The number of benzene rings is 2. The van der Waals surface area contributed by atoms with Gasteiger partial charge in [0.2, 0.25) is 5.91 Å². The van der Waals surface area contributed by atoms with E-state index >= 15 is 0 Å². The summed E-state index contributed by atoms with van der Waals surface area (Å²) in [6, 6.07) is 6.06. The standard InChI is InChI=1S/C26H24Cl2F4N4O4S/c1-13-22(41-35-34-13)24(39)36(16-11-18(27)21(19(28)12-16)40-26(31,32)25(29)30)20(14-7-9-17(37)10-8-14)23(38)33-15-5-3-2-4-6-15/h7-12,15,20,25,37H,2-6H2,1H3,(H,33,38). The van der Waals surface area contributed by atoms with Crippen LogP contribution in [0.5, 0.6) is 11.5 Å². The van der Waals surface area contributed by atoms with Gasteiger partial charge >= 0.3 is 12.5 Å². The summed E-state index contributed by atoms with van der Waals surface area (Å²) in [5.41, 5.74) is 0.426. The maximum atomic E-state index is 14.0. The third-order valence-electron chi connectivity index (χ3n) is 6.48. The number of aryl methyl sites for hydroxylation is 1. The number of aromatic hydroxyl groups is 1. The molecule has 220 valence electrons. The summed E-state index contributed by atoms with van der Waals surface area (Å²) in [6.07, 6.45) is -4.73. The van der Waals surface area contributed by atoms with Gasteiger partial charge in [-0.25, -0.2) is 0 Å². The lowest BCUT2D eigenvalue weighted by molar-refractivity contribution is -0.253. The van der Waals surface area contributed by atoms with E-state index in [0.717, 1.165) is 60.7 Å². The van der Waals surface area contributed by atoms with Gasteiger partial charge in [-0.2, -0.15) is 17.6 Å². The molecule has 0 aliphatic heterocycles. The van der Waals surface area contributed by atoms with E-state index < -0.39 is 46.2 Å². The summed E-state index contributed by atoms with van der Waals surface area (Å²) < 4.78 is 60.9. The van der Waals surface area contributed by atoms with E-state index in [1.165, 1.54) is 31.2 Å². The van der Waals surface area contributed by atoms with Crippen molar-refractivity contribution in [3.8, 4) is 11.5 Å². The Hall–Kier alpha value is -3.16. The van der Waals surface area contributed by atoms with Crippen molar-refractivity contribution < 1.29 is 37.0 Å². The number of phenolic OH excluding ortho intramolecular Hbond substituents is 1. The van der Waals surface area contributed by atoms with Crippen molar-refractivity contribution in [3.05, 3.63) is 62.6 Å². The normalized spacial score (nSPS) is 15.0. The highest BCUT2D eigenvalue weighted by Gasteiger charge is 2.45. The van der Waals surface area contributed by atoms with Gasteiger partial charge in [0, 0.05) is 11.7 Å². The quantitative estimate of drug-likeness (QED) is 0.247. The van der Waals surface area contributed by atoms with Crippen molar-refractivity contribution in [2.75, 3.05) is 4.90 Å². The van der Waals surface area contributed by atoms with Crippen molar-refractivity contribution in [2.45, 2.75) is 63.6 Å². The summed E-state index contributed by atoms with van der Waals surface area (Å²) in [5.74, 6) is -2.33. The second-order valence-corrected chi connectivity index (χ2v) is 11.0. The van der Waals surface area contributed by atoms with Crippen LogP contribution in [-0.2, 0) is 4.79 Å². The van der Waals surface area contributed by atoms with Crippen molar-refractivity contribution >= 4 is 52.2 Å². The molecule has 0 bridgehead atoms. The number of nitrogens with zero attached hydrogens (tertiary/aromatic N) is 3. The molecule has 1 saturated carbocycles. The van der Waals surface area contributed by atoms with E-state index in [0.29, 0.717) is 0 Å². The molecule has 0 spiro atoms. The van der Waals surface area contributed by atoms with E-state index in [-0.39, 0.29) is 33.6 Å². The Morgan fingerprint density at radius 3 is 2.27 bits per heavy atom. The van der Waals surface area contributed by atoms with Crippen LogP contribution in [-0.4, -0.2) is 45.1 Å². The molecule has 1 aliphatic carbocycles. The van der Waals surface area contributed by atoms with Crippen LogP contribution in [0, 0.1) is 6.92 Å². The van der Waals surface area contributed by atoms with E-state index in [1.807, 2.05) is 0 Å². The maximum absolute atomic E-state index is 14.0. The fourth-order valence-electron chi connectivity index (χ4n) is 4.49. The first-order valence-electron chi connectivity index (χ1n) is 12.4. The fraction of sp³-hybridized carbons (Fsp3) is 0.385. The monoisotopic (exact) mass is 634 g/mol. The molecular formula is C26H24Cl2F4N4O4S. The number of anilines is 1. The van der Waals surface area contributed by atoms with Crippen LogP contribution in [0.15, 0.2) is 36.4 Å². The Morgan fingerprint density at radius 2 is 1.73 bits per heavy atom. The number of aromatic nitrogens is 2. The number of hydrogen-bond acceptors (Lipinski definition) is 7. The molecule has 4 rings (SSSR count). The topological polar surface area (TPSA) is 105 Å². The van der Waals surface area contributed by atoms with Crippen molar-refractivity contribution in [3.63, 3.8) is 0 Å². The van der Waals surface area contributed by atoms with Gasteiger partial charge in [0.05, 0.1) is 15.7 Å². The van der Waals surface area contributed by atoms with Crippen LogP contribution in [0.4, 0.5) is 23.2 Å². The Balaban J connectivity index is 1.85. The predicted octanol–water partition coefficient (Wildman–Crippen LogP) is 6.93. The number of phenols is 1. The SMILES string of the molecule is Cc1nnsc1C(=O)N(c1cc(Cl)c(OC(F)(F)C(F)F)c(Cl)c1)C(C(=O)NC1CCCCC1)c1ccc(O)cc1. The number of alkyl halides is 4. The molecule has 41 heavy (non-hydrogen) atoms. The van der Waals surface area contributed by atoms with Crippen molar-refractivity contribution in [2.24, 2.45) is 0 Å². The minimum Gasteiger partial charge on any atom is -0.508 e. The molecule has 2 aromatic carbocycles. The zero-order valence-corrected chi connectivity index (χ0v) is 23.7. The summed E-state index contributed by atoms with van der Waals surface area (Å²) in [4.78, 5) is 29.0. The number of nitrogens with one attached hydrogen (secondary N) is 1.